The van der Waals surface area contributed by atoms with Gasteiger partial charge in [0.25, 0.3) is 0 Å². The maximum Gasteiger partial charge on any atom is 0.123 e. The van der Waals surface area contributed by atoms with E-state index in [-0.39, 0.29) is 5.82 Å². The first-order valence-electron chi connectivity index (χ1n) is 6.95. The van der Waals surface area contributed by atoms with Crippen LogP contribution in [0.3, 0.4) is 0 Å². The quantitative estimate of drug-likeness (QED) is 0.781. The highest BCUT2D eigenvalue weighted by molar-refractivity contribution is 7.11. The summed E-state index contributed by atoms with van der Waals surface area (Å²) in [4.78, 5) is 4.96. The second-order valence-electron chi connectivity index (χ2n) is 4.75. The molecule has 108 valence electrons. The Morgan fingerprint density at radius 1 is 1.15 bits per heavy atom. The largest absolute Gasteiger partial charge is 0.371 e. The van der Waals surface area contributed by atoms with Crippen LogP contribution in [0.1, 0.15) is 16.7 Å². The van der Waals surface area contributed by atoms with Gasteiger partial charge in [0.15, 0.2) is 0 Å². The average molecular weight is 292 g/mol. The van der Waals surface area contributed by atoms with E-state index in [0.29, 0.717) is 0 Å². The Kier molecular flexibility index (Phi) is 5.56. The molecular formula is C16H21FN2S. The second-order valence-corrected chi connectivity index (χ2v) is 6.12. The van der Waals surface area contributed by atoms with Gasteiger partial charge >= 0.3 is 0 Å². The fraction of sp³-hybridized carbons (Fsp3) is 0.375. The SMILES string of the molecule is CCN(CCNCc1ccc(C)s1)c1ccc(F)cc1. The lowest BCUT2D eigenvalue weighted by molar-refractivity contribution is 0.626. The van der Waals surface area contributed by atoms with E-state index in [2.05, 4.69) is 36.2 Å². The van der Waals surface area contributed by atoms with E-state index in [1.54, 1.807) is 0 Å². The fourth-order valence-electron chi connectivity index (χ4n) is 2.13. The molecule has 2 nitrogen and oxygen atoms in total. The van der Waals surface area contributed by atoms with E-state index in [1.807, 2.05) is 23.5 Å². The molecule has 0 amide bonds. The van der Waals surface area contributed by atoms with Gasteiger partial charge in [-0.25, -0.2) is 4.39 Å². The number of anilines is 1. The van der Waals surface area contributed by atoms with Crippen LogP contribution < -0.4 is 10.2 Å². The predicted molar refractivity (Wildman–Crippen MR) is 85.0 cm³/mol. The van der Waals surface area contributed by atoms with Crippen molar-refractivity contribution in [2.45, 2.75) is 20.4 Å². The molecule has 1 heterocycles. The number of hydrogen-bond acceptors (Lipinski definition) is 3. The molecule has 0 aliphatic rings. The Bertz CT molecular complexity index is 522. The van der Waals surface area contributed by atoms with Crippen LogP contribution in [0.15, 0.2) is 36.4 Å². The summed E-state index contributed by atoms with van der Waals surface area (Å²) in [6.07, 6.45) is 0. The van der Waals surface area contributed by atoms with Gasteiger partial charge in [-0.2, -0.15) is 0 Å². The monoisotopic (exact) mass is 292 g/mol. The summed E-state index contributed by atoms with van der Waals surface area (Å²) in [7, 11) is 0. The third-order valence-corrected chi connectivity index (χ3v) is 4.23. The summed E-state index contributed by atoms with van der Waals surface area (Å²) in [5, 5.41) is 3.46. The molecule has 0 saturated carbocycles. The first-order chi connectivity index (χ1) is 9.69. The van der Waals surface area contributed by atoms with Crippen LogP contribution in [-0.2, 0) is 6.54 Å². The van der Waals surface area contributed by atoms with Crippen LogP contribution in [0.5, 0.6) is 0 Å². The summed E-state index contributed by atoms with van der Waals surface area (Å²) in [5.74, 6) is -0.184. The lowest BCUT2D eigenvalue weighted by Gasteiger charge is -2.23. The third kappa shape index (κ3) is 4.32. The van der Waals surface area contributed by atoms with Crippen molar-refractivity contribution >= 4 is 17.0 Å². The van der Waals surface area contributed by atoms with E-state index in [4.69, 9.17) is 0 Å². The van der Waals surface area contributed by atoms with Gasteiger partial charge in [-0.15, -0.1) is 11.3 Å². The van der Waals surface area contributed by atoms with Crippen molar-refractivity contribution in [3.8, 4) is 0 Å². The highest BCUT2D eigenvalue weighted by Gasteiger charge is 2.04. The number of nitrogens with zero attached hydrogens (tertiary/aromatic N) is 1. The van der Waals surface area contributed by atoms with Crippen molar-refractivity contribution in [3.63, 3.8) is 0 Å². The molecule has 1 aromatic carbocycles. The predicted octanol–water partition coefficient (Wildman–Crippen LogP) is 3.81. The van der Waals surface area contributed by atoms with E-state index < -0.39 is 0 Å². The second kappa shape index (κ2) is 7.41. The molecule has 0 unspecified atom stereocenters. The number of halogens is 1. The first kappa shape index (κ1) is 15.0. The smallest absolute Gasteiger partial charge is 0.123 e. The van der Waals surface area contributed by atoms with Crippen molar-refractivity contribution in [1.82, 2.24) is 5.32 Å². The number of nitrogens with one attached hydrogen (secondary N) is 1. The summed E-state index contributed by atoms with van der Waals surface area (Å²) in [6, 6.07) is 11.0. The maximum absolute atomic E-state index is 12.9. The minimum atomic E-state index is -0.184. The van der Waals surface area contributed by atoms with E-state index in [1.165, 1.54) is 21.9 Å². The number of rotatable bonds is 7. The zero-order chi connectivity index (χ0) is 14.4. The van der Waals surface area contributed by atoms with E-state index in [9.17, 15) is 4.39 Å². The van der Waals surface area contributed by atoms with Gasteiger partial charge in [0.1, 0.15) is 5.82 Å². The minimum absolute atomic E-state index is 0.184. The van der Waals surface area contributed by atoms with Crippen molar-refractivity contribution in [1.29, 1.82) is 0 Å². The molecule has 1 N–H and O–H groups in total. The molecule has 0 radical (unpaired) electrons. The molecule has 20 heavy (non-hydrogen) atoms. The zero-order valence-corrected chi connectivity index (χ0v) is 12.8. The summed E-state index contributed by atoms with van der Waals surface area (Å²) < 4.78 is 12.9. The molecule has 2 rings (SSSR count). The normalized spacial score (nSPS) is 10.8. The Balaban J connectivity index is 1.77. The van der Waals surface area contributed by atoms with Gasteiger partial charge in [0.05, 0.1) is 0 Å². The number of likely N-dealkylation sites (N-methyl/N-ethyl adjacent to an activating group) is 1. The first-order valence-corrected chi connectivity index (χ1v) is 7.77. The molecule has 0 fully saturated rings. The van der Waals surface area contributed by atoms with Gasteiger partial charge in [0.2, 0.25) is 0 Å². The summed E-state index contributed by atoms with van der Waals surface area (Å²) in [5.41, 5.74) is 1.07. The Labute approximate surface area is 124 Å². The van der Waals surface area contributed by atoms with Gasteiger partial charge < -0.3 is 10.2 Å². The Hall–Kier alpha value is -1.39. The molecule has 2 aromatic rings. The number of aryl methyl sites for hydroxylation is 1. The van der Waals surface area contributed by atoms with Gasteiger partial charge in [-0.1, -0.05) is 0 Å². The van der Waals surface area contributed by atoms with Crippen LogP contribution in [0.4, 0.5) is 10.1 Å². The molecule has 0 aliphatic heterocycles. The molecule has 0 aliphatic carbocycles. The molecule has 0 saturated heterocycles. The molecule has 1 aromatic heterocycles. The van der Waals surface area contributed by atoms with Gasteiger partial charge in [0, 0.05) is 41.6 Å². The number of hydrogen-bond donors (Lipinski definition) is 1. The average Bonchev–Trinajstić information content (AvgIpc) is 2.86. The van der Waals surface area contributed by atoms with Gasteiger partial charge in [-0.3, -0.25) is 0 Å². The van der Waals surface area contributed by atoms with Crippen LogP contribution in [0, 0.1) is 12.7 Å². The summed E-state index contributed by atoms with van der Waals surface area (Å²) >= 11 is 1.83. The Morgan fingerprint density at radius 2 is 1.90 bits per heavy atom. The molecular weight excluding hydrogens is 271 g/mol. The topological polar surface area (TPSA) is 15.3 Å². The zero-order valence-electron chi connectivity index (χ0n) is 12.0. The van der Waals surface area contributed by atoms with Crippen molar-refractivity contribution < 1.29 is 4.39 Å². The minimum Gasteiger partial charge on any atom is -0.371 e. The van der Waals surface area contributed by atoms with Crippen molar-refractivity contribution in [2.24, 2.45) is 0 Å². The van der Waals surface area contributed by atoms with Crippen molar-refractivity contribution in [2.75, 3.05) is 24.5 Å². The van der Waals surface area contributed by atoms with E-state index >= 15 is 0 Å². The van der Waals surface area contributed by atoms with Crippen LogP contribution >= 0.6 is 11.3 Å². The lowest BCUT2D eigenvalue weighted by Crippen LogP contribution is -2.31. The van der Waals surface area contributed by atoms with E-state index in [0.717, 1.165) is 31.9 Å². The van der Waals surface area contributed by atoms with Crippen LogP contribution in [0.25, 0.3) is 0 Å². The Morgan fingerprint density at radius 3 is 2.50 bits per heavy atom. The van der Waals surface area contributed by atoms with Crippen LogP contribution in [-0.4, -0.2) is 19.6 Å². The molecule has 0 spiro atoms. The highest BCUT2D eigenvalue weighted by Crippen LogP contribution is 2.15. The number of benzene rings is 1. The molecule has 0 bridgehead atoms. The van der Waals surface area contributed by atoms with Crippen molar-refractivity contribution in [3.05, 3.63) is 52.0 Å². The third-order valence-electron chi connectivity index (χ3n) is 3.23. The highest BCUT2D eigenvalue weighted by atomic mass is 32.1. The fourth-order valence-corrected chi connectivity index (χ4v) is 2.99. The molecule has 0 atom stereocenters. The molecule has 4 heteroatoms. The standard InChI is InChI=1S/C16H21FN2S/c1-3-19(15-7-5-14(17)6-8-15)11-10-18-12-16-9-4-13(2)20-16/h4-9,18H,3,10-12H2,1-2H3. The van der Waals surface area contributed by atoms with Gasteiger partial charge in [-0.05, 0) is 50.2 Å². The lowest BCUT2D eigenvalue weighted by atomic mass is 10.2. The van der Waals surface area contributed by atoms with Crippen LogP contribution in [0.2, 0.25) is 0 Å². The maximum atomic E-state index is 12.9. The number of thiophene rings is 1. The summed E-state index contributed by atoms with van der Waals surface area (Å²) in [6.45, 7) is 7.92.